The van der Waals surface area contributed by atoms with Gasteiger partial charge in [-0.15, -0.1) is 0 Å². The van der Waals surface area contributed by atoms with E-state index in [9.17, 15) is 14.4 Å². The predicted octanol–water partition coefficient (Wildman–Crippen LogP) is -1.65. The van der Waals surface area contributed by atoms with Crippen LogP contribution in [0, 0.1) is 0 Å². The number of carbonyl (C=O) groups excluding carboxylic acids is 3. The highest BCUT2D eigenvalue weighted by molar-refractivity contribution is 6.07. The molecule has 2 rings (SSSR count). The van der Waals surface area contributed by atoms with Gasteiger partial charge in [-0.05, 0) is 12.8 Å². The van der Waals surface area contributed by atoms with Crippen molar-refractivity contribution in [3.63, 3.8) is 0 Å². The zero-order valence-electron chi connectivity index (χ0n) is 8.45. The van der Waals surface area contributed by atoms with Gasteiger partial charge in [0.1, 0.15) is 6.04 Å². The topological polar surface area (TPSA) is 92.5 Å². The average molecular weight is 211 g/mol. The lowest BCUT2D eigenvalue weighted by atomic mass is 10.2. The van der Waals surface area contributed by atoms with Crippen molar-refractivity contribution < 1.29 is 14.4 Å². The van der Waals surface area contributed by atoms with Crippen LogP contribution in [0.3, 0.4) is 0 Å². The number of hydrogen-bond acceptors (Lipinski definition) is 4. The molecule has 0 spiro atoms. The van der Waals surface area contributed by atoms with E-state index in [0.717, 1.165) is 4.90 Å². The molecule has 0 bridgehead atoms. The Bertz CT molecular complexity index is 349. The number of imide groups is 1. The van der Waals surface area contributed by atoms with Gasteiger partial charge in [0.15, 0.2) is 0 Å². The molecule has 3 N–H and O–H groups in total. The summed E-state index contributed by atoms with van der Waals surface area (Å²) in [6.45, 7) is 0. The first-order valence-corrected chi connectivity index (χ1v) is 4.84. The lowest BCUT2D eigenvalue weighted by Gasteiger charge is -2.14. The van der Waals surface area contributed by atoms with Gasteiger partial charge in [0.05, 0.1) is 12.0 Å². The number of nitrogens with zero attached hydrogens (tertiary/aromatic N) is 1. The molecule has 0 aromatic carbocycles. The van der Waals surface area contributed by atoms with Crippen LogP contribution >= 0.6 is 0 Å². The quantitative estimate of drug-likeness (QED) is 0.535. The number of carbonyl (C=O) groups is 3. The highest BCUT2D eigenvalue weighted by atomic mass is 16.2. The van der Waals surface area contributed by atoms with Crippen LogP contribution in [0.25, 0.3) is 0 Å². The van der Waals surface area contributed by atoms with Crippen molar-refractivity contribution in [3.05, 3.63) is 0 Å². The summed E-state index contributed by atoms with van der Waals surface area (Å²) in [4.78, 5) is 35.2. The summed E-state index contributed by atoms with van der Waals surface area (Å²) in [5.41, 5.74) is 4.86. The number of amides is 3. The van der Waals surface area contributed by atoms with Gasteiger partial charge in [-0.25, -0.2) is 0 Å². The first kappa shape index (κ1) is 10.1. The van der Waals surface area contributed by atoms with Crippen molar-refractivity contribution in [3.8, 4) is 0 Å². The van der Waals surface area contributed by atoms with Crippen LogP contribution in [0.4, 0.5) is 0 Å². The first-order valence-electron chi connectivity index (χ1n) is 4.84. The third-order valence-electron chi connectivity index (χ3n) is 2.93. The Morgan fingerprint density at radius 2 is 2.13 bits per heavy atom. The molecule has 1 unspecified atom stereocenters. The van der Waals surface area contributed by atoms with Crippen LogP contribution in [-0.2, 0) is 14.4 Å². The molecule has 15 heavy (non-hydrogen) atoms. The molecule has 0 aromatic rings. The summed E-state index contributed by atoms with van der Waals surface area (Å²) in [6, 6.07) is -0.726. The summed E-state index contributed by atoms with van der Waals surface area (Å²) in [5, 5.41) is 2.52. The molecule has 0 radical (unpaired) electrons. The molecule has 82 valence electrons. The molecule has 0 aromatic heterocycles. The second-order valence-corrected chi connectivity index (χ2v) is 4.18. The highest BCUT2D eigenvalue weighted by Crippen LogP contribution is 2.32. The fraction of sp³-hybridized carbons (Fsp3) is 0.667. The van der Waals surface area contributed by atoms with Gasteiger partial charge in [0, 0.05) is 7.05 Å². The van der Waals surface area contributed by atoms with E-state index in [1.54, 1.807) is 0 Å². The Morgan fingerprint density at radius 1 is 1.53 bits per heavy atom. The van der Waals surface area contributed by atoms with Crippen molar-refractivity contribution in [1.82, 2.24) is 10.2 Å². The fourth-order valence-corrected chi connectivity index (χ4v) is 1.53. The lowest BCUT2D eigenvalue weighted by Crippen LogP contribution is -2.49. The average Bonchev–Trinajstić information content (AvgIpc) is 2.89. The van der Waals surface area contributed by atoms with Crippen molar-refractivity contribution >= 4 is 17.7 Å². The van der Waals surface area contributed by atoms with Gasteiger partial charge in [-0.1, -0.05) is 0 Å². The maximum absolute atomic E-state index is 11.5. The normalized spacial score (nSPS) is 28.1. The van der Waals surface area contributed by atoms with E-state index in [0.29, 0.717) is 12.8 Å². The van der Waals surface area contributed by atoms with Gasteiger partial charge in [-0.3, -0.25) is 19.3 Å². The second-order valence-electron chi connectivity index (χ2n) is 4.18. The number of nitrogens with one attached hydrogen (secondary N) is 1. The number of likely N-dealkylation sites (tertiary alicyclic amines) is 1. The van der Waals surface area contributed by atoms with E-state index in [4.69, 9.17) is 5.73 Å². The van der Waals surface area contributed by atoms with Gasteiger partial charge >= 0.3 is 0 Å². The molecule has 2 fully saturated rings. The molecule has 3 amide bonds. The third-order valence-corrected chi connectivity index (χ3v) is 2.93. The van der Waals surface area contributed by atoms with Crippen LogP contribution in [-0.4, -0.2) is 41.2 Å². The largest absolute Gasteiger partial charge is 0.342 e. The van der Waals surface area contributed by atoms with Crippen molar-refractivity contribution in [2.45, 2.75) is 30.8 Å². The molecule has 1 aliphatic carbocycles. The van der Waals surface area contributed by atoms with E-state index >= 15 is 0 Å². The zero-order valence-corrected chi connectivity index (χ0v) is 8.45. The number of rotatable bonds is 2. The smallest absolute Gasteiger partial charge is 0.252 e. The molecule has 6 heteroatoms. The molecular formula is C9H13N3O3. The SMILES string of the molecule is CN1C(=O)CC(NC(=O)C2(N)CC2)C1=O. The Kier molecular flexibility index (Phi) is 2.04. The maximum Gasteiger partial charge on any atom is 0.252 e. The molecule has 1 saturated heterocycles. The Labute approximate surface area is 86.8 Å². The minimum atomic E-state index is -0.801. The van der Waals surface area contributed by atoms with Gasteiger partial charge < -0.3 is 11.1 Å². The van der Waals surface area contributed by atoms with Crippen LogP contribution in [0.5, 0.6) is 0 Å². The standard InChI is InChI=1S/C9H13N3O3/c1-12-6(13)4-5(7(12)14)11-8(15)9(10)2-3-9/h5H,2-4,10H2,1H3,(H,11,15). The Morgan fingerprint density at radius 3 is 2.53 bits per heavy atom. The second kappa shape index (κ2) is 3.03. The molecule has 6 nitrogen and oxygen atoms in total. The van der Waals surface area contributed by atoms with Crippen molar-refractivity contribution in [2.24, 2.45) is 5.73 Å². The molecule has 1 atom stereocenters. The van der Waals surface area contributed by atoms with Crippen LogP contribution < -0.4 is 11.1 Å². The van der Waals surface area contributed by atoms with E-state index in [1.807, 2.05) is 0 Å². The van der Waals surface area contributed by atoms with E-state index < -0.39 is 11.6 Å². The highest BCUT2D eigenvalue weighted by Gasteiger charge is 2.48. The van der Waals surface area contributed by atoms with Crippen LogP contribution in [0.1, 0.15) is 19.3 Å². The summed E-state index contributed by atoms with van der Waals surface area (Å²) < 4.78 is 0. The minimum absolute atomic E-state index is 0.0388. The molecule has 1 saturated carbocycles. The molecular weight excluding hydrogens is 198 g/mol. The van der Waals surface area contributed by atoms with Gasteiger partial charge in [0.25, 0.3) is 5.91 Å². The molecule has 1 heterocycles. The van der Waals surface area contributed by atoms with Crippen molar-refractivity contribution in [2.75, 3.05) is 7.05 Å². The number of likely N-dealkylation sites (N-methyl/N-ethyl adjacent to an activating group) is 1. The zero-order chi connectivity index (χ0) is 11.2. The number of nitrogens with two attached hydrogens (primary N) is 1. The van der Waals surface area contributed by atoms with Gasteiger partial charge in [-0.2, -0.15) is 0 Å². The van der Waals surface area contributed by atoms with Crippen LogP contribution in [0.2, 0.25) is 0 Å². The third kappa shape index (κ3) is 1.61. The first-order chi connectivity index (χ1) is 6.94. The predicted molar refractivity (Wildman–Crippen MR) is 50.5 cm³/mol. The van der Waals surface area contributed by atoms with E-state index in [2.05, 4.69) is 5.32 Å². The van der Waals surface area contributed by atoms with Crippen molar-refractivity contribution in [1.29, 1.82) is 0 Å². The summed E-state index contributed by atoms with van der Waals surface area (Å²) in [5.74, 6) is -0.964. The monoisotopic (exact) mass is 211 g/mol. The molecule has 2 aliphatic rings. The molecule has 1 aliphatic heterocycles. The van der Waals surface area contributed by atoms with Gasteiger partial charge in [0.2, 0.25) is 11.8 Å². The summed E-state index contributed by atoms with van der Waals surface area (Å²) in [6.07, 6.45) is 1.32. The van der Waals surface area contributed by atoms with E-state index in [-0.39, 0.29) is 24.1 Å². The lowest BCUT2D eigenvalue weighted by molar-refractivity contribution is -0.138. The Hall–Kier alpha value is -1.43. The van der Waals surface area contributed by atoms with E-state index in [1.165, 1.54) is 7.05 Å². The summed E-state index contributed by atoms with van der Waals surface area (Å²) >= 11 is 0. The number of hydrogen-bond donors (Lipinski definition) is 2. The maximum atomic E-state index is 11.5. The van der Waals surface area contributed by atoms with Crippen LogP contribution in [0.15, 0.2) is 0 Å². The fourth-order valence-electron chi connectivity index (χ4n) is 1.53. The summed E-state index contributed by atoms with van der Waals surface area (Å²) in [7, 11) is 1.41. The Balaban J connectivity index is 1.99. The minimum Gasteiger partial charge on any atom is -0.342 e.